The number of halogens is 1. The summed E-state index contributed by atoms with van der Waals surface area (Å²) in [6, 6.07) is 7.51. The van der Waals surface area contributed by atoms with Gasteiger partial charge in [0.2, 0.25) is 0 Å². The Kier molecular flexibility index (Phi) is 6.42. The van der Waals surface area contributed by atoms with E-state index in [1.54, 1.807) is 0 Å². The number of Topliss-reactive ketones (excluding diaryl/α,β-unsaturated/α-hetero) is 1. The normalized spacial score (nSPS) is 39.0. The lowest BCUT2D eigenvalue weighted by Crippen LogP contribution is -2.48. The molecule has 3 aliphatic rings. The van der Waals surface area contributed by atoms with E-state index < -0.39 is 0 Å². The Labute approximate surface area is 181 Å². The fourth-order valence-electron chi connectivity index (χ4n) is 7.76. The van der Waals surface area contributed by atoms with Crippen molar-refractivity contribution in [3.05, 3.63) is 34.9 Å². The van der Waals surface area contributed by atoms with Crippen molar-refractivity contribution in [2.45, 2.75) is 71.6 Å². The first-order chi connectivity index (χ1) is 14.0. The number of rotatable bonds is 6. The molecule has 0 unspecified atom stereocenters. The Morgan fingerprint density at radius 2 is 1.86 bits per heavy atom. The molecule has 7 atom stereocenters. The van der Waals surface area contributed by atoms with E-state index in [1.807, 2.05) is 24.3 Å². The number of carbonyl (C=O) groups excluding carboxylic acids is 1. The zero-order valence-electron chi connectivity index (χ0n) is 18.1. The minimum absolute atomic E-state index is 0.151. The zero-order chi connectivity index (χ0) is 20.6. The van der Waals surface area contributed by atoms with E-state index in [0.717, 1.165) is 42.1 Å². The molecule has 1 aromatic rings. The van der Waals surface area contributed by atoms with Crippen LogP contribution in [-0.4, -0.2) is 17.5 Å². The average Bonchev–Trinajstić information content (AvgIpc) is 3.09. The summed E-state index contributed by atoms with van der Waals surface area (Å²) in [7, 11) is 0. The molecular formula is C26H37ClO2. The van der Waals surface area contributed by atoms with Gasteiger partial charge in [-0.05, 0) is 111 Å². The van der Waals surface area contributed by atoms with Gasteiger partial charge in [0.15, 0.2) is 5.78 Å². The third kappa shape index (κ3) is 3.81. The molecule has 1 aromatic carbocycles. The van der Waals surface area contributed by atoms with Crippen molar-refractivity contribution in [3.8, 4) is 0 Å². The van der Waals surface area contributed by atoms with Crippen molar-refractivity contribution in [3.63, 3.8) is 0 Å². The maximum Gasteiger partial charge on any atom is 0.166 e. The quantitative estimate of drug-likeness (QED) is 0.518. The standard InChI is InChI=1S/C26H37ClO2/c1-3-17-8-11-22-21(20(17)5-4-16-28)14-15-26(2)23(22)12-13-24(26)25(29)18-6-9-19(27)10-7-18/h6-7,9-10,17,20-24,28H,3-5,8,11-16H2,1-2H3/t17-,20-,21+,22+,23-,24+,26-/m0/s1. The molecule has 1 N–H and O–H groups in total. The molecule has 29 heavy (non-hydrogen) atoms. The predicted molar refractivity (Wildman–Crippen MR) is 119 cm³/mol. The molecule has 3 heteroatoms. The smallest absolute Gasteiger partial charge is 0.166 e. The average molecular weight is 417 g/mol. The molecule has 3 saturated carbocycles. The molecule has 0 amide bonds. The second-order valence-electron chi connectivity index (χ2n) is 10.3. The highest BCUT2D eigenvalue weighted by Gasteiger charge is 2.57. The maximum absolute atomic E-state index is 13.4. The molecule has 0 spiro atoms. The van der Waals surface area contributed by atoms with Gasteiger partial charge in [-0.1, -0.05) is 31.9 Å². The van der Waals surface area contributed by atoms with Crippen LogP contribution in [0, 0.1) is 40.9 Å². The number of ketones is 1. The van der Waals surface area contributed by atoms with Crippen LogP contribution in [-0.2, 0) is 0 Å². The largest absolute Gasteiger partial charge is 0.396 e. The van der Waals surface area contributed by atoms with Gasteiger partial charge < -0.3 is 5.11 Å². The van der Waals surface area contributed by atoms with E-state index in [1.165, 1.54) is 44.9 Å². The Bertz CT molecular complexity index is 714. The SMILES string of the molecule is CC[C@H]1CC[C@@H]2[C@H](CC[C@]3(C)[C@@H](C(=O)c4ccc(Cl)cc4)CC[C@@H]23)[C@H]1CCCO. The van der Waals surface area contributed by atoms with Gasteiger partial charge in [0, 0.05) is 23.1 Å². The molecule has 0 radical (unpaired) electrons. The van der Waals surface area contributed by atoms with Gasteiger partial charge in [-0.2, -0.15) is 0 Å². The van der Waals surface area contributed by atoms with Crippen molar-refractivity contribution < 1.29 is 9.90 Å². The van der Waals surface area contributed by atoms with E-state index in [9.17, 15) is 9.90 Å². The number of hydrogen-bond donors (Lipinski definition) is 1. The van der Waals surface area contributed by atoms with Gasteiger partial charge in [-0.3, -0.25) is 4.79 Å². The van der Waals surface area contributed by atoms with Gasteiger partial charge in [0.1, 0.15) is 0 Å². The molecule has 0 aromatic heterocycles. The Balaban J connectivity index is 1.54. The van der Waals surface area contributed by atoms with Crippen LogP contribution in [0.4, 0.5) is 0 Å². The number of aliphatic hydroxyl groups excluding tert-OH is 1. The number of fused-ring (bicyclic) bond motifs is 3. The van der Waals surface area contributed by atoms with Gasteiger partial charge >= 0.3 is 0 Å². The number of carbonyl (C=O) groups is 1. The summed E-state index contributed by atoms with van der Waals surface area (Å²) in [5.41, 5.74) is 0.984. The van der Waals surface area contributed by atoms with E-state index in [-0.39, 0.29) is 11.3 Å². The molecule has 0 aliphatic heterocycles. The Hall–Kier alpha value is -0.860. The minimum Gasteiger partial charge on any atom is -0.396 e. The van der Waals surface area contributed by atoms with E-state index in [2.05, 4.69) is 13.8 Å². The Morgan fingerprint density at radius 3 is 2.55 bits per heavy atom. The predicted octanol–water partition coefficient (Wildman–Crippen LogP) is 6.79. The van der Waals surface area contributed by atoms with E-state index in [4.69, 9.17) is 11.6 Å². The van der Waals surface area contributed by atoms with Crippen molar-refractivity contribution in [2.75, 3.05) is 6.61 Å². The molecule has 3 fully saturated rings. The van der Waals surface area contributed by atoms with E-state index in [0.29, 0.717) is 23.3 Å². The lowest BCUT2D eigenvalue weighted by Gasteiger charge is -2.54. The lowest BCUT2D eigenvalue weighted by atomic mass is 9.50. The van der Waals surface area contributed by atoms with Crippen molar-refractivity contribution in [1.29, 1.82) is 0 Å². The Morgan fingerprint density at radius 1 is 1.10 bits per heavy atom. The first-order valence-electron chi connectivity index (χ1n) is 11.9. The molecule has 3 aliphatic carbocycles. The second-order valence-corrected chi connectivity index (χ2v) is 10.7. The number of aliphatic hydroxyl groups is 1. The highest BCUT2D eigenvalue weighted by Crippen LogP contribution is 2.64. The molecular weight excluding hydrogens is 380 g/mol. The molecule has 0 saturated heterocycles. The van der Waals surface area contributed by atoms with Crippen LogP contribution >= 0.6 is 11.6 Å². The van der Waals surface area contributed by atoms with Crippen LogP contribution in [0.15, 0.2) is 24.3 Å². The topological polar surface area (TPSA) is 37.3 Å². The highest BCUT2D eigenvalue weighted by atomic mass is 35.5. The summed E-state index contributed by atoms with van der Waals surface area (Å²) in [6.45, 7) is 5.09. The zero-order valence-corrected chi connectivity index (χ0v) is 18.8. The highest BCUT2D eigenvalue weighted by molar-refractivity contribution is 6.30. The minimum atomic E-state index is 0.151. The fourth-order valence-corrected chi connectivity index (χ4v) is 7.89. The van der Waals surface area contributed by atoms with Crippen molar-refractivity contribution in [2.24, 2.45) is 40.9 Å². The molecule has 0 bridgehead atoms. The first kappa shape index (κ1) is 21.4. The number of benzene rings is 1. The summed E-state index contributed by atoms with van der Waals surface area (Å²) in [5, 5.41) is 10.1. The van der Waals surface area contributed by atoms with Gasteiger partial charge in [-0.15, -0.1) is 0 Å². The molecule has 4 rings (SSSR count). The molecule has 0 heterocycles. The summed E-state index contributed by atoms with van der Waals surface area (Å²) < 4.78 is 0. The molecule has 2 nitrogen and oxygen atoms in total. The maximum atomic E-state index is 13.4. The number of hydrogen-bond acceptors (Lipinski definition) is 2. The summed E-state index contributed by atoms with van der Waals surface area (Å²) >= 11 is 6.04. The third-order valence-corrected chi connectivity index (χ3v) is 9.44. The van der Waals surface area contributed by atoms with Crippen LogP contribution in [0.2, 0.25) is 5.02 Å². The second kappa shape index (κ2) is 8.71. The van der Waals surface area contributed by atoms with Crippen molar-refractivity contribution >= 4 is 17.4 Å². The summed E-state index contributed by atoms with van der Waals surface area (Å²) in [5.74, 6) is 4.39. The monoisotopic (exact) mass is 416 g/mol. The molecule has 160 valence electrons. The van der Waals surface area contributed by atoms with Gasteiger partial charge in [0.25, 0.3) is 0 Å². The van der Waals surface area contributed by atoms with Crippen LogP contribution in [0.25, 0.3) is 0 Å². The van der Waals surface area contributed by atoms with Crippen LogP contribution in [0.3, 0.4) is 0 Å². The lowest BCUT2D eigenvalue weighted by molar-refractivity contribution is -0.0516. The third-order valence-electron chi connectivity index (χ3n) is 9.18. The van der Waals surface area contributed by atoms with Gasteiger partial charge in [0.05, 0.1) is 0 Å². The fraction of sp³-hybridized carbons (Fsp3) is 0.731. The summed E-state index contributed by atoms with van der Waals surface area (Å²) in [6.07, 6.45) is 10.8. The van der Waals surface area contributed by atoms with Crippen LogP contribution in [0.1, 0.15) is 82.0 Å². The van der Waals surface area contributed by atoms with Crippen LogP contribution in [0.5, 0.6) is 0 Å². The first-order valence-corrected chi connectivity index (χ1v) is 12.3. The van der Waals surface area contributed by atoms with E-state index >= 15 is 0 Å². The summed E-state index contributed by atoms with van der Waals surface area (Å²) in [4.78, 5) is 13.4. The van der Waals surface area contributed by atoms with Crippen molar-refractivity contribution in [1.82, 2.24) is 0 Å². The van der Waals surface area contributed by atoms with Crippen LogP contribution < -0.4 is 0 Å². The van der Waals surface area contributed by atoms with Gasteiger partial charge in [-0.25, -0.2) is 0 Å².